The Hall–Kier alpha value is -4.17. The molecule has 1 heterocycles. The van der Waals surface area contributed by atoms with Crippen LogP contribution in [0.1, 0.15) is 41.9 Å². The number of alkyl carbamates (subject to hydrolysis) is 1. The van der Waals surface area contributed by atoms with Gasteiger partial charge >= 0.3 is 12.1 Å². The van der Waals surface area contributed by atoms with E-state index in [1.165, 1.54) is 5.56 Å². The maximum Gasteiger partial charge on any atom is 0.407 e. The first-order chi connectivity index (χ1) is 19.4. The van der Waals surface area contributed by atoms with E-state index in [4.69, 9.17) is 4.74 Å². The minimum atomic E-state index is -1.19. The topological polar surface area (TPSA) is 99.2 Å². The molecule has 2 N–H and O–H groups in total. The Kier molecular flexibility index (Phi) is 8.45. The molecule has 1 aliphatic carbocycles. The molecule has 1 atom stereocenters. The number of piperidine rings is 1. The van der Waals surface area contributed by atoms with Gasteiger partial charge in [-0.05, 0) is 47.7 Å². The standard InChI is InChI=1S/C32H35N3O5/c1-34(20-22-9-3-2-4-10-22)23-15-17-35(18-16-23)31(38)29(19-30(36)37)33-32(39)40-21-28-26-13-7-5-11-24(26)25-12-6-8-14-27(25)28/h2-14,23,28-29H,15-21H2,1H3,(H,33,39)(H,36,37). The number of hydrogen-bond acceptors (Lipinski definition) is 5. The minimum absolute atomic E-state index is 0.0903. The molecule has 2 aliphatic rings. The number of carboxylic acid groups (broad SMARTS) is 1. The van der Waals surface area contributed by atoms with E-state index in [1.807, 2.05) is 54.6 Å². The van der Waals surface area contributed by atoms with Crippen LogP contribution in [0.2, 0.25) is 0 Å². The number of amides is 2. The highest BCUT2D eigenvalue weighted by atomic mass is 16.5. The maximum absolute atomic E-state index is 13.3. The summed E-state index contributed by atoms with van der Waals surface area (Å²) in [6, 6.07) is 25.4. The van der Waals surface area contributed by atoms with Crippen LogP contribution < -0.4 is 5.32 Å². The molecule has 0 saturated carbocycles. The molecule has 5 rings (SSSR count). The number of rotatable bonds is 9. The number of nitrogens with one attached hydrogen (secondary N) is 1. The Morgan fingerprint density at radius 2 is 1.50 bits per heavy atom. The van der Waals surface area contributed by atoms with Crippen molar-refractivity contribution in [3.8, 4) is 11.1 Å². The zero-order chi connectivity index (χ0) is 28.1. The first-order valence-corrected chi connectivity index (χ1v) is 13.8. The smallest absolute Gasteiger partial charge is 0.407 e. The predicted octanol–water partition coefficient (Wildman–Crippen LogP) is 4.49. The zero-order valence-corrected chi connectivity index (χ0v) is 22.7. The van der Waals surface area contributed by atoms with Crippen LogP contribution in [0.25, 0.3) is 11.1 Å². The van der Waals surface area contributed by atoms with Gasteiger partial charge in [0.2, 0.25) is 5.91 Å². The van der Waals surface area contributed by atoms with E-state index < -0.39 is 24.5 Å². The lowest BCUT2D eigenvalue weighted by molar-refractivity contribution is -0.143. The quantitative estimate of drug-likeness (QED) is 0.414. The zero-order valence-electron chi connectivity index (χ0n) is 22.7. The molecule has 3 aromatic carbocycles. The van der Waals surface area contributed by atoms with Crippen LogP contribution in [0.3, 0.4) is 0 Å². The number of likely N-dealkylation sites (tertiary alicyclic amines) is 1. The fourth-order valence-electron chi connectivity index (χ4n) is 5.90. The van der Waals surface area contributed by atoms with Gasteiger partial charge in [-0.2, -0.15) is 0 Å². The van der Waals surface area contributed by atoms with E-state index in [9.17, 15) is 19.5 Å². The van der Waals surface area contributed by atoms with Gasteiger partial charge in [0.1, 0.15) is 12.6 Å². The highest BCUT2D eigenvalue weighted by molar-refractivity contribution is 5.89. The minimum Gasteiger partial charge on any atom is -0.481 e. The van der Waals surface area contributed by atoms with E-state index in [-0.39, 0.29) is 18.4 Å². The Morgan fingerprint density at radius 3 is 2.10 bits per heavy atom. The Balaban J connectivity index is 1.17. The van der Waals surface area contributed by atoms with Crippen molar-refractivity contribution >= 4 is 18.0 Å². The molecule has 0 aromatic heterocycles. The first kappa shape index (κ1) is 27.4. The Morgan fingerprint density at radius 1 is 0.925 bits per heavy atom. The number of carboxylic acids is 1. The SMILES string of the molecule is CN(Cc1ccccc1)C1CCN(C(=O)C(CC(=O)O)NC(=O)OCC2c3ccccc3-c3ccccc32)CC1. The first-order valence-electron chi connectivity index (χ1n) is 13.8. The van der Waals surface area contributed by atoms with E-state index in [0.717, 1.165) is 41.6 Å². The number of carbonyl (C=O) groups is 3. The molecule has 0 spiro atoms. The van der Waals surface area contributed by atoms with Crippen molar-refractivity contribution in [2.24, 2.45) is 0 Å². The van der Waals surface area contributed by atoms with E-state index >= 15 is 0 Å². The summed E-state index contributed by atoms with van der Waals surface area (Å²) in [5.41, 5.74) is 5.62. The summed E-state index contributed by atoms with van der Waals surface area (Å²) >= 11 is 0. The Bertz CT molecular complexity index is 1310. The van der Waals surface area contributed by atoms with Gasteiger partial charge in [-0.1, -0.05) is 78.9 Å². The van der Waals surface area contributed by atoms with Crippen molar-refractivity contribution in [1.29, 1.82) is 0 Å². The molecule has 40 heavy (non-hydrogen) atoms. The largest absolute Gasteiger partial charge is 0.481 e. The monoisotopic (exact) mass is 541 g/mol. The van der Waals surface area contributed by atoms with Crippen molar-refractivity contribution in [2.45, 2.75) is 43.8 Å². The molecule has 1 unspecified atom stereocenters. The fraction of sp³-hybridized carbons (Fsp3) is 0.344. The molecular weight excluding hydrogens is 506 g/mol. The number of nitrogens with zero attached hydrogens (tertiary/aromatic N) is 2. The molecule has 8 heteroatoms. The number of carbonyl (C=O) groups excluding carboxylic acids is 2. The van der Waals surface area contributed by atoms with Crippen molar-refractivity contribution in [3.05, 3.63) is 95.6 Å². The van der Waals surface area contributed by atoms with Crippen LogP contribution in [0, 0.1) is 0 Å². The third-order valence-corrected chi connectivity index (χ3v) is 7.99. The second-order valence-electron chi connectivity index (χ2n) is 10.6. The molecule has 3 aromatic rings. The summed E-state index contributed by atoms with van der Waals surface area (Å²) in [5, 5.41) is 12.0. The number of hydrogen-bond donors (Lipinski definition) is 2. The predicted molar refractivity (Wildman–Crippen MR) is 152 cm³/mol. The molecule has 1 fully saturated rings. The molecule has 0 radical (unpaired) electrons. The van der Waals surface area contributed by atoms with E-state index in [0.29, 0.717) is 19.1 Å². The van der Waals surface area contributed by atoms with Gasteiger partial charge in [0, 0.05) is 31.6 Å². The number of ether oxygens (including phenoxy) is 1. The molecule has 1 aliphatic heterocycles. The summed E-state index contributed by atoms with van der Waals surface area (Å²) in [4.78, 5) is 41.6. The van der Waals surface area contributed by atoms with Gasteiger partial charge in [0.15, 0.2) is 0 Å². The summed E-state index contributed by atoms with van der Waals surface area (Å²) in [5.74, 6) is -1.67. The second kappa shape index (κ2) is 12.3. The summed E-state index contributed by atoms with van der Waals surface area (Å²) in [6.07, 6.45) is 0.259. The normalized spacial score (nSPS) is 15.8. The van der Waals surface area contributed by atoms with Crippen molar-refractivity contribution in [1.82, 2.24) is 15.1 Å². The van der Waals surface area contributed by atoms with E-state index in [2.05, 4.69) is 41.5 Å². The average molecular weight is 542 g/mol. The van der Waals surface area contributed by atoms with Gasteiger partial charge in [-0.15, -0.1) is 0 Å². The molecule has 2 amide bonds. The average Bonchev–Trinajstić information content (AvgIpc) is 3.29. The van der Waals surface area contributed by atoms with Crippen LogP contribution in [0.4, 0.5) is 4.79 Å². The third kappa shape index (κ3) is 6.18. The summed E-state index contributed by atoms with van der Waals surface area (Å²) in [7, 11) is 2.08. The second-order valence-corrected chi connectivity index (χ2v) is 10.6. The molecular formula is C32H35N3O5. The fourth-order valence-corrected chi connectivity index (χ4v) is 5.90. The van der Waals surface area contributed by atoms with Crippen LogP contribution in [0.15, 0.2) is 78.9 Å². The van der Waals surface area contributed by atoms with Gasteiger partial charge in [-0.25, -0.2) is 4.79 Å². The van der Waals surface area contributed by atoms with Crippen molar-refractivity contribution in [2.75, 3.05) is 26.7 Å². The van der Waals surface area contributed by atoms with Crippen molar-refractivity contribution in [3.63, 3.8) is 0 Å². The van der Waals surface area contributed by atoms with Crippen LogP contribution >= 0.6 is 0 Å². The van der Waals surface area contributed by atoms with Gasteiger partial charge in [0.05, 0.1) is 6.42 Å². The van der Waals surface area contributed by atoms with Crippen LogP contribution in [-0.4, -0.2) is 71.7 Å². The Labute approximate surface area is 234 Å². The summed E-state index contributed by atoms with van der Waals surface area (Å²) < 4.78 is 5.57. The highest BCUT2D eigenvalue weighted by Crippen LogP contribution is 2.44. The molecule has 208 valence electrons. The van der Waals surface area contributed by atoms with Gasteiger partial charge < -0.3 is 20.1 Å². The van der Waals surface area contributed by atoms with Crippen LogP contribution in [0.5, 0.6) is 0 Å². The lowest BCUT2D eigenvalue weighted by Crippen LogP contribution is -2.53. The molecule has 0 bridgehead atoms. The summed E-state index contributed by atoms with van der Waals surface area (Å²) in [6.45, 7) is 1.92. The lowest BCUT2D eigenvalue weighted by Gasteiger charge is -2.38. The number of fused-ring (bicyclic) bond motifs is 3. The van der Waals surface area contributed by atoms with Crippen molar-refractivity contribution < 1.29 is 24.2 Å². The molecule has 1 saturated heterocycles. The maximum atomic E-state index is 13.3. The van der Waals surface area contributed by atoms with E-state index in [1.54, 1.807) is 4.90 Å². The van der Waals surface area contributed by atoms with Gasteiger partial charge in [-0.3, -0.25) is 14.5 Å². The highest BCUT2D eigenvalue weighted by Gasteiger charge is 2.33. The molecule has 8 nitrogen and oxygen atoms in total. The van der Waals surface area contributed by atoms with Gasteiger partial charge in [0.25, 0.3) is 0 Å². The number of aliphatic carboxylic acids is 1. The number of benzene rings is 3. The lowest BCUT2D eigenvalue weighted by atomic mass is 9.98. The van der Waals surface area contributed by atoms with Crippen LogP contribution in [-0.2, 0) is 20.9 Å². The third-order valence-electron chi connectivity index (χ3n) is 7.99.